The minimum Gasteiger partial charge on any atom is -0.465 e. The first kappa shape index (κ1) is 10.6. The molecule has 1 aromatic carbocycles. The van der Waals surface area contributed by atoms with Gasteiger partial charge in [-0.05, 0) is 24.1 Å². The van der Waals surface area contributed by atoms with Crippen molar-refractivity contribution in [2.24, 2.45) is 0 Å². The molecule has 0 N–H and O–H groups in total. The predicted octanol–water partition coefficient (Wildman–Crippen LogP) is 2.31. The molecule has 0 saturated carbocycles. The number of benzene rings is 1. The van der Waals surface area contributed by atoms with Gasteiger partial charge in [0.15, 0.2) is 0 Å². The maximum atomic E-state index is 13.4. The first-order chi connectivity index (χ1) is 6.60. The van der Waals surface area contributed by atoms with Crippen LogP contribution in [0.5, 0.6) is 0 Å². The summed E-state index contributed by atoms with van der Waals surface area (Å²) in [5.74, 6) is -2.21. The maximum Gasteiger partial charge on any atom is 0.340 e. The molecule has 0 aliphatic carbocycles. The van der Waals surface area contributed by atoms with Crippen LogP contribution in [0.4, 0.5) is 8.78 Å². The second kappa shape index (κ2) is 4.17. The van der Waals surface area contributed by atoms with Gasteiger partial charge in [0, 0.05) is 0 Å². The lowest BCUT2D eigenvalue weighted by atomic mass is 10.1. The van der Waals surface area contributed by atoms with E-state index in [0.29, 0.717) is 6.42 Å². The SMILES string of the molecule is CCc1cc(F)cc(C(=O)OC)c1F. The molecule has 0 spiro atoms. The van der Waals surface area contributed by atoms with Crippen LogP contribution in [0.25, 0.3) is 0 Å². The van der Waals surface area contributed by atoms with Crippen LogP contribution in [0.2, 0.25) is 0 Å². The summed E-state index contributed by atoms with van der Waals surface area (Å²) in [6, 6.07) is 1.90. The summed E-state index contributed by atoms with van der Waals surface area (Å²) in [7, 11) is 1.12. The number of rotatable bonds is 2. The Hall–Kier alpha value is -1.45. The Labute approximate surface area is 80.5 Å². The van der Waals surface area contributed by atoms with Crippen molar-refractivity contribution in [3.8, 4) is 0 Å². The fourth-order valence-electron chi connectivity index (χ4n) is 1.16. The third-order valence-electron chi connectivity index (χ3n) is 1.90. The second-order valence-electron chi connectivity index (χ2n) is 2.77. The van der Waals surface area contributed by atoms with Gasteiger partial charge in [-0.3, -0.25) is 0 Å². The van der Waals surface area contributed by atoms with E-state index in [9.17, 15) is 13.6 Å². The lowest BCUT2D eigenvalue weighted by molar-refractivity contribution is 0.0594. The smallest absolute Gasteiger partial charge is 0.340 e. The molecule has 0 bridgehead atoms. The Kier molecular flexibility index (Phi) is 3.17. The van der Waals surface area contributed by atoms with Gasteiger partial charge >= 0.3 is 5.97 Å². The third kappa shape index (κ3) is 1.89. The van der Waals surface area contributed by atoms with Crippen molar-refractivity contribution < 1.29 is 18.3 Å². The summed E-state index contributed by atoms with van der Waals surface area (Å²) in [4.78, 5) is 11.0. The van der Waals surface area contributed by atoms with Crippen molar-refractivity contribution in [1.29, 1.82) is 0 Å². The number of ether oxygens (including phenoxy) is 1. The normalized spacial score (nSPS) is 10.0. The zero-order valence-corrected chi connectivity index (χ0v) is 7.93. The molecule has 76 valence electrons. The van der Waals surface area contributed by atoms with Gasteiger partial charge in [-0.15, -0.1) is 0 Å². The number of carbonyl (C=O) groups excluding carboxylic acids is 1. The molecule has 2 nitrogen and oxygen atoms in total. The molecule has 0 saturated heterocycles. The largest absolute Gasteiger partial charge is 0.465 e. The number of aryl methyl sites for hydroxylation is 1. The fourth-order valence-corrected chi connectivity index (χ4v) is 1.16. The molecule has 14 heavy (non-hydrogen) atoms. The van der Waals surface area contributed by atoms with Gasteiger partial charge in [0.25, 0.3) is 0 Å². The van der Waals surface area contributed by atoms with Crippen LogP contribution >= 0.6 is 0 Å². The van der Waals surface area contributed by atoms with Crippen molar-refractivity contribution in [2.75, 3.05) is 7.11 Å². The molecule has 0 aromatic heterocycles. The molecule has 0 fully saturated rings. The van der Waals surface area contributed by atoms with E-state index in [1.165, 1.54) is 0 Å². The second-order valence-corrected chi connectivity index (χ2v) is 2.77. The Morgan fingerprint density at radius 1 is 1.43 bits per heavy atom. The zero-order chi connectivity index (χ0) is 10.7. The average Bonchev–Trinajstić information content (AvgIpc) is 2.19. The van der Waals surface area contributed by atoms with E-state index in [1.807, 2.05) is 0 Å². The first-order valence-corrected chi connectivity index (χ1v) is 4.16. The Morgan fingerprint density at radius 3 is 2.57 bits per heavy atom. The molecule has 0 aliphatic heterocycles. The van der Waals surface area contributed by atoms with Gasteiger partial charge in [0.05, 0.1) is 12.7 Å². The first-order valence-electron chi connectivity index (χ1n) is 4.16. The molecule has 0 amide bonds. The molecule has 1 rings (SSSR count). The molecular formula is C10H10F2O2. The van der Waals surface area contributed by atoms with Crippen molar-refractivity contribution >= 4 is 5.97 Å². The van der Waals surface area contributed by atoms with Gasteiger partial charge in [-0.25, -0.2) is 13.6 Å². The lowest BCUT2D eigenvalue weighted by Crippen LogP contribution is -2.07. The highest BCUT2D eigenvalue weighted by Gasteiger charge is 2.16. The van der Waals surface area contributed by atoms with Gasteiger partial charge in [0.1, 0.15) is 11.6 Å². The predicted molar refractivity (Wildman–Crippen MR) is 47.1 cm³/mol. The summed E-state index contributed by atoms with van der Waals surface area (Å²) >= 11 is 0. The number of carbonyl (C=O) groups is 1. The summed E-state index contributed by atoms with van der Waals surface area (Å²) in [6.45, 7) is 1.68. The molecule has 0 radical (unpaired) electrons. The van der Waals surface area contributed by atoms with Crippen LogP contribution in [-0.2, 0) is 11.2 Å². The number of halogens is 2. The number of hydrogen-bond acceptors (Lipinski definition) is 2. The number of methoxy groups -OCH3 is 1. The highest BCUT2D eigenvalue weighted by atomic mass is 19.1. The molecular weight excluding hydrogens is 190 g/mol. The maximum absolute atomic E-state index is 13.4. The van der Waals surface area contributed by atoms with Crippen LogP contribution in [0.1, 0.15) is 22.8 Å². The summed E-state index contributed by atoms with van der Waals surface area (Å²) in [6.07, 6.45) is 0.327. The zero-order valence-electron chi connectivity index (χ0n) is 7.93. The van der Waals surface area contributed by atoms with E-state index in [2.05, 4.69) is 4.74 Å². The lowest BCUT2D eigenvalue weighted by Gasteiger charge is -2.05. The average molecular weight is 200 g/mol. The van der Waals surface area contributed by atoms with Crippen LogP contribution in [0.3, 0.4) is 0 Å². The third-order valence-corrected chi connectivity index (χ3v) is 1.90. The minimum atomic E-state index is -0.864. The minimum absolute atomic E-state index is 0.172. The van der Waals surface area contributed by atoms with Gasteiger partial charge in [0.2, 0.25) is 0 Å². The van der Waals surface area contributed by atoms with Crippen molar-refractivity contribution in [3.05, 3.63) is 34.9 Å². The highest BCUT2D eigenvalue weighted by Crippen LogP contribution is 2.16. The molecule has 0 aliphatic rings. The van der Waals surface area contributed by atoms with Gasteiger partial charge in [-0.2, -0.15) is 0 Å². The molecule has 0 heterocycles. The fraction of sp³-hybridized carbons (Fsp3) is 0.300. The molecule has 4 heteroatoms. The Bertz CT molecular complexity index is 361. The van der Waals surface area contributed by atoms with E-state index in [-0.39, 0.29) is 11.1 Å². The van der Waals surface area contributed by atoms with E-state index < -0.39 is 17.6 Å². The van der Waals surface area contributed by atoms with Crippen molar-refractivity contribution in [3.63, 3.8) is 0 Å². The molecule has 0 unspecified atom stereocenters. The van der Waals surface area contributed by atoms with E-state index in [0.717, 1.165) is 19.2 Å². The quantitative estimate of drug-likeness (QED) is 0.685. The van der Waals surface area contributed by atoms with Gasteiger partial charge in [-0.1, -0.05) is 6.92 Å². The van der Waals surface area contributed by atoms with E-state index in [1.54, 1.807) is 6.92 Å². The van der Waals surface area contributed by atoms with Crippen LogP contribution in [0.15, 0.2) is 12.1 Å². The standard InChI is InChI=1S/C10H10F2O2/c1-3-6-4-7(11)5-8(9(6)12)10(13)14-2/h4-5H,3H2,1-2H3. The monoisotopic (exact) mass is 200 g/mol. The molecule has 1 aromatic rings. The van der Waals surface area contributed by atoms with Crippen LogP contribution in [0, 0.1) is 11.6 Å². The highest BCUT2D eigenvalue weighted by molar-refractivity contribution is 5.89. The Balaban J connectivity index is 3.29. The summed E-state index contributed by atoms with van der Waals surface area (Å²) in [5, 5.41) is 0. The summed E-state index contributed by atoms with van der Waals surface area (Å²) < 4.78 is 30.7. The van der Waals surface area contributed by atoms with Gasteiger partial charge < -0.3 is 4.74 Å². The van der Waals surface area contributed by atoms with E-state index in [4.69, 9.17) is 0 Å². The molecule has 0 atom stereocenters. The van der Waals surface area contributed by atoms with Crippen LogP contribution in [-0.4, -0.2) is 13.1 Å². The number of hydrogen-bond donors (Lipinski definition) is 0. The Morgan fingerprint density at radius 2 is 2.07 bits per heavy atom. The van der Waals surface area contributed by atoms with Crippen molar-refractivity contribution in [1.82, 2.24) is 0 Å². The topological polar surface area (TPSA) is 26.3 Å². The number of esters is 1. The van der Waals surface area contributed by atoms with Crippen molar-refractivity contribution in [2.45, 2.75) is 13.3 Å². The van der Waals surface area contributed by atoms with Crippen LogP contribution < -0.4 is 0 Å². The van der Waals surface area contributed by atoms with E-state index >= 15 is 0 Å². The summed E-state index contributed by atoms with van der Waals surface area (Å²) in [5.41, 5.74) is -0.185.